The van der Waals surface area contributed by atoms with E-state index >= 15 is 0 Å². The molecule has 0 aliphatic heterocycles. The lowest BCUT2D eigenvalue weighted by Crippen LogP contribution is -1.99. The van der Waals surface area contributed by atoms with Crippen LogP contribution in [0.4, 0.5) is 4.39 Å². The van der Waals surface area contributed by atoms with E-state index in [0.29, 0.717) is 12.1 Å². The molecule has 1 aromatic rings. The number of hydrogen-bond donors (Lipinski definition) is 1. The van der Waals surface area contributed by atoms with E-state index in [1.807, 2.05) is 0 Å². The van der Waals surface area contributed by atoms with Gasteiger partial charge in [0, 0.05) is 13.0 Å². The lowest BCUT2D eigenvalue weighted by atomic mass is 10.1. The maximum atomic E-state index is 13.0. The average Bonchev–Trinajstić information content (AvgIpc) is 2.09. The first-order chi connectivity index (χ1) is 5.77. The summed E-state index contributed by atoms with van der Waals surface area (Å²) in [4.78, 5) is 9.96. The van der Waals surface area contributed by atoms with Gasteiger partial charge in [-0.05, 0) is 17.2 Å². The first-order valence-electron chi connectivity index (χ1n) is 3.60. The van der Waals surface area contributed by atoms with E-state index in [-0.39, 0.29) is 12.2 Å². The monoisotopic (exact) mass is 166 g/mol. The summed E-state index contributed by atoms with van der Waals surface area (Å²) in [5.41, 5.74) is 6.39. The predicted octanol–water partition coefficient (Wildman–Crippen LogP) is 0.937. The Labute approximate surface area is 70.2 Å². The van der Waals surface area contributed by atoms with Crippen molar-refractivity contribution in [3.05, 3.63) is 35.1 Å². The fourth-order valence-corrected chi connectivity index (χ4v) is 0.939. The number of hydrogen-bond acceptors (Lipinski definition) is 2. The molecule has 3 heteroatoms. The van der Waals surface area contributed by atoms with Gasteiger partial charge in [0.15, 0.2) is 0 Å². The van der Waals surface area contributed by atoms with Crippen molar-refractivity contribution < 1.29 is 9.18 Å². The highest BCUT2D eigenvalue weighted by atomic mass is 19.1. The standard InChI is InChI=1S/C9H9FNO/c10-9-5-7(6-11)1-2-8(9)3-4-12/h1-2,5H,3,6,11H2. The summed E-state index contributed by atoms with van der Waals surface area (Å²) >= 11 is 0. The van der Waals surface area contributed by atoms with E-state index in [1.54, 1.807) is 18.4 Å². The Kier molecular flexibility index (Phi) is 2.94. The third-order valence-corrected chi connectivity index (χ3v) is 1.62. The van der Waals surface area contributed by atoms with Crippen LogP contribution in [0.5, 0.6) is 0 Å². The molecule has 0 aliphatic carbocycles. The summed E-state index contributed by atoms with van der Waals surface area (Å²) in [7, 11) is 0. The normalized spacial score (nSPS) is 9.83. The SMILES string of the molecule is NCc1ccc(C[C]=O)c(F)c1. The van der Waals surface area contributed by atoms with Gasteiger partial charge in [-0.1, -0.05) is 12.1 Å². The summed E-state index contributed by atoms with van der Waals surface area (Å²) in [6.45, 7) is 0.308. The van der Waals surface area contributed by atoms with Gasteiger partial charge >= 0.3 is 0 Å². The van der Waals surface area contributed by atoms with Crippen molar-refractivity contribution in [2.45, 2.75) is 13.0 Å². The van der Waals surface area contributed by atoms with Gasteiger partial charge < -0.3 is 5.73 Å². The minimum atomic E-state index is -0.388. The zero-order valence-corrected chi connectivity index (χ0v) is 6.51. The molecular formula is C9H9FNO. The molecule has 0 bridgehead atoms. The molecule has 63 valence electrons. The summed E-state index contributed by atoms with van der Waals surface area (Å²) in [5, 5.41) is 0. The lowest BCUT2D eigenvalue weighted by Gasteiger charge is -2.00. The van der Waals surface area contributed by atoms with Gasteiger partial charge in [0.2, 0.25) is 6.29 Å². The summed E-state index contributed by atoms with van der Waals surface area (Å²) < 4.78 is 13.0. The molecule has 0 saturated carbocycles. The maximum Gasteiger partial charge on any atom is 0.203 e. The molecule has 0 unspecified atom stereocenters. The largest absolute Gasteiger partial charge is 0.326 e. The number of halogens is 1. The number of rotatable bonds is 3. The van der Waals surface area contributed by atoms with Crippen molar-refractivity contribution in [1.82, 2.24) is 0 Å². The molecule has 0 spiro atoms. The first-order valence-corrected chi connectivity index (χ1v) is 3.60. The van der Waals surface area contributed by atoms with E-state index in [4.69, 9.17) is 5.73 Å². The molecule has 0 aromatic heterocycles. The van der Waals surface area contributed by atoms with Crippen LogP contribution < -0.4 is 5.73 Å². The Balaban J connectivity index is 2.94. The molecule has 1 radical (unpaired) electrons. The molecule has 0 fully saturated rings. The third kappa shape index (κ3) is 1.89. The Hall–Kier alpha value is -1.22. The summed E-state index contributed by atoms with van der Waals surface area (Å²) in [5.74, 6) is -0.388. The second-order valence-electron chi connectivity index (χ2n) is 2.45. The first kappa shape index (κ1) is 8.87. The van der Waals surface area contributed by atoms with Crippen molar-refractivity contribution in [3.63, 3.8) is 0 Å². The van der Waals surface area contributed by atoms with Gasteiger partial charge in [-0.2, -0.15) is 0 Å². The van der Waals surface area contributed by atoms with E-state index in [0.717, 1.165) is 5.56 Å². The van der Waals surface area contributed by atoms with Crippen LogP contribution in [-0.4, -0.2) is 6.29 Å². The fourth-order valence-electron chi connectivity index (χ4n) is 0.939. The minimum Gasteiger partial charge on any atom is -0.326 e. The fraction of sp³-hybridized carbons (Fsp3) is 0.222. The van der Waals surface area contributed by atoms with E-state index in [2.05, 4.69) is 0 Å². The van der Waals surface area contributed by atoms with Crippen molar-refractivity contribution in [1.29, 1.82) is 0 Å². The average molecular weight is 166 g/mol. The van der Waals surface area contributed by atoms with Crippen LogP contribution in [0.2, 0.25) is 0 Å². The van der Waals surface area contributed by atoms with E-state index in [1.165, 1.54) is 6.07 Å². The summed E-state index contributed by atoms with van der Waals surface area (Å²) in [6.07, 6.45) is 1.64. The molecule has 0 heterocycles. The molecule has 0 atom stereocenters. The second-order valence-corrected chi connectivity index (χ2v) is 2.45. The van der Waals surface area contributed by atoms with Crippen LogP contribution in [0.15, 0.2) is 18.2 Å². The zero-order chi connectivity index (χ0) is 8.97. The van der Waals surface area contributed by atoms with Crippen LogP contribution in [0.3, 0.4) is 0 Å². The van der Waals surface area contributed by atoms with Crippen molar-refractivity contribution in [3.8, 4) is 0 Å². The predicted molar refractivity (Wildman–Crippen MR) is 43.7 cm³/mol. The van der Waals surface area contributed by atoms with Gasteiger partial charge in [0.25, 0.3) is 0 Å². The van der Waals surface area contributed by atoms with Crippen LogP contribution >= 0.6 is 0 Å². The second kappa shape index (κ2) is 3.97. The van der Waals surface area contributed by atoms with Crippen molar-refractivity contribution in [2.24, 2.45) is 5.73 Å². The van der Waals surface area contributed by atoms with Gasteiger partial charge in [0.1, 0.15) is 5.82 Å². The quantitative estimate of drug-likeness (QED) is 0.726. The van der Waals surface area contributed by atoms with Gasteiger partial charge in [-0.3, -0.25) is 4.79 Å². The van der Waals surface area contributed by atoms with Crippen LogP contribution in [0.1, 0.15) is 11.1 Å². The van der Waals surface area contributed by atoms with Crippen LogP contribution in [-0.2, 0) is 17.8 Å². The number of nitrogens with two attached hydrogens (primary N) is 1. The smallest absolute Gasteiger partial charge is 0.203 e. The van der Waals surface area contributed by atoms with Crippen molar-refractivity contribution in [2.75, 3.05) is 0 Å². The lowest BCUT2D eigenvalue weighted by molar-refractivity contribution is 0.551. The Morgan fingerprint density at radius 3 is 2.75 bits per heavy atom. The molecule has 12 heavy (non-hydrogen) atoms. The Morgan fingerprint density at radius 2 is 2.25 bits per heavy atom. The molecule has 2 N–H and O–H groups in total. The molecule has 0 saturated heterocycles. The number of carbonyl (C=O) groups excluding carboxylic acids is 1. The van der Waals surface area contributed by atoms with Crippen molar-refractivity contribution >= 4 is 6.29 Å². The van der Waals surface area contributed by atoms with Crippen LogP contribution in [0.25, 0.3) is 0 Å². The molecule has 0 amide bonds. The molecule has 1 rings (SSSR count). The maximum absolute atomic E-state index is 13.0. The van der Waals surface area contributed by atoms with E-state index in [9.17, 15) is 9.18 Å². The molecule has 2 nitrogen and oxygen atoms in total. The molecule has 0 aliphatic rings. The van der Waals surface area contributed by atoms with E-state index < -0.39 is 0 Å². The Morgan fingerprint density at radius 1 is 1.50 bits per heavy atom. The topological polar surface area (TPSA) is 43.1 Å². The van der Waals surface area contributed by atoms with Gasteiger partial charge in [-0.15, -0.1) is 0 Å². The highest BCUT2D eigenvalue weighted by Crippen LogP contribution is 2.09. The van der Waals surface area contributed by atoms with Gasteiger partial charge in [-0.25, -0.2) is 4.39 Å². The zero-order valence-electron chi connectivity index (χ0n) is 6.51. The highest BCUT2D eigenvalue weighted by Gasteiger charge is 2.01. The number of benzene rings is 1. The minimum absolute atomic E-state index is 0.00329. The highest BCUT2D eigenvalue weighted by molar-refractivity contribution is 5.56. The summed E-state index contributed by atoms with van der Waals surface area (Å²) in [6, 6.07) is 4.60. The Bertz CT molecular complexity index is 286. The van der Waals surface area contributed by atoms with Gasteiger partial charge in [0.05, 0.1) is 0 Å². The molecule has 1 aromatic carbocycles. The molecular weight excluding hydrogens is 157 g/mol. The third-order valence-electron chi connectivity index (χ3n) is 1.62. The van der Waals surface area contributed by atoms with Crippen LogP contribution in [0, 0.1) is 5.82 Å².